The fourth-order valence-electron chi connectivity index (χ4n) is 2.11. The van der Waals surface area contributed by atoms with E-state index in [0.29, 0.717) is 32.2 Å². The van der Waals surface area contributed by atoms with Gasteiger partial charge in [0.25, 0.3) is 0 Å². The second-order valence-corrected chi connectivity index (χ2v) is 5.69. The van der Waals surface area contributed by atoms with Gasteiger partial charge in [-0.3, -0.25) is 0 Å². The van der Waals surface area contributed by atoms with E-state index in [9.17, 15) is 13.2 Å². The Morgan fingerprint density at radius 2 is 1.86 bits per heavy atom. The van der Waals surface area contributed by atoms with Gasteiger partial charge in [-0.15, -0.1) is 0 Å². The summed E-state index contributed by atoms with van der Waals surface area (Å²) in [6, 6.07) is 12.5. The first kappa shape index (κ1) is 21.3. The van der Waals surface area contributed by atoms with E-state index in [2.05, 4.69) is 25.3 Å². The molecule has 0 spiro atoms. The monoisotopic (exact) mass is 396 g/mol. The Hall–Kier alpha value is -2.97. The number of rotatable bonds is 9. The van der Waals surface area contributed by atoms with Gasteiger partial charge in [0.1, 0.15) is 12.4 Å². The van der Waals surface area contributed by atoms with E-state index in [-0.39, 0.29) is 5.88 Å². The van der Waals surface area contributed by atoms with Crippen molar-refractivity contribution in [3.8, 4) is 11.6 Å². The number of halogens is 3. The first-order valence-corrected chi connectivity index (χ1v) is 8.81. The summed E-state index contributed by atoms with van der Waals surface area (Å²) < 4.78 is 46.6. The Morgan fingerprint density at radius 1 is 1.07 bits per heavy atom. The molecule has 152 valence electrons. The van der Waals surface area contributed by atoms with Gasteiger partial charge in [-0.1, -0.05) is 24.3 Å². The Morgan fingerprint density at radius 3 is 2.50 bits per heavy atom. The van der Waals surface area contributed by atoms with Crippen molar-refractivity contribution in [3.05, 3.63) is 54.2 Å². The second-order valence-electron chi connectivity index (χ2n) is 5.69. The van der Waals surface area contributed by atoms with Crippen molar-refractivity contribution >= 4 is 5.96 Å². The van der Waals surface area contributed by atoms with E-state index in [4.69, 9.17) is 4.74 Å². The topological polar surface area (TPSA) is 67.8 Å². The molecule has 0 saturated heterocycles. The van der Waals surface area contributed by atoms with Gasteiger partial charge < -0.3 is 20.1 Å². The van der Waals surface area contributed by atoms with Gasteiger partial charge in [0.05, 0.1) is 13.1 Å². The summed E-state index contributed by atoms with van der Waals surface area (Å²) in [5.74, 6) is 1.33. The molecule has 2 aromatic rings. The van der Waals surface area contributed by atoms with Gasteiger partial charge in [0.2, 0.25) is 5.88 Å². The summed E-state index contributed by atoms with van der Waals surface area (Å²) in [7, 11) is 0. The molecule has 28 heavy (non-hydrogen) atoms. The summed E-state index contributed by atoms with van der Waals surface area (Å²) in [4.78, 5) is 8.28. The number of nitrogens with zero attached hydrogens (tertiary/aromatic N) is 2. The van der Waals surface area contributed by atoms with Crippen molar-refractivity contribution in [2.24, 2.45) is 4.99 Å². The molecular weight excluding hydrogens is 373 g/mol. The maximum absolute atomic E-state index is 12.1. The predicted octanol–water partition coefficient (Wildman–Crippen LogP) is 3.16. The molecule has 1 aromatic carbocycles. The van der Waals surface area contributed by atoms with Crippen LogP contribution in [0.3, 0.4) is 0 Å². The maximum atomic E-state index is 12.1. The van der Waals surface area contributed by atoms with Crippen LogP contribution in [0.15, 0.2) is 53.7 Å². The minimum atomic E-state index is -4.39. The van der Waals surface area contributed by atoms with Gasteiger partial charge in [0, 0.05) is 18.8 Å². The number of para-hydroxylation sites is 1. The lowest BCUT2D eigenvalue weighted by atomic mass is 10.3. The average Bonchev–Trinajstić information content (AvgIpc) is 2.68. The molecule has 0 atom stereocenters. The van der Waals surface area contributed by atoms with Crippen LogP contribution in [0.2, 0.25) is 0 Å². The lowest BCUT2D eigenvalue weighted by Gasteiger charge is -2.12. The average molecular weight is 396 g/mol. The molecule has 9 heteroatoms. The quantitative estimate of drug-likeness (QED) is 0.387. The molecule has 0 unspecified atom stereocenters. The molecule has 0 aliphatic heterocycles. The van der Waals surface area contributed by atoms with Crippen molar-refractivity contribution in [1.29, 1.82) is 0 Å². The first-order chi connectivity index (χ1) is 13.5. The van der Waals surface area contributed by atoms with E-state index in [1.807, 2.05) is 37.3 Å². The van der Waals surface area contributed by atoms with Gasteiger partial charge in [0.15, 0.2) is 12.6 Å². The normalized spacial score (nSPS) is 11.8. The zero-order valence-electron chi connectivity index (χ0n) is 15.5. The molecule has 0 aliphatic carbocycles. The van der Waals surface area contributed by atoms with Crippen molar-refractivity contribution in [3.63, 3.8) is 0 Å². The van der Waals surface area contributed by atoms with Crippen LogP contribution < -0.4 is 20.1 Å². The molecule has 0 fully saturated rings. The lowest BCUT2D eigenvalue weighted by molar-refractivity contribution is -0.154. The van der Waals surface area contributed by atoms with Gasteiger partial charge >= 0.3 is 6.18 Å². The standard InChI is InChI=1S/C19H23F3N4O2/c1-2-23-18(24-10-11-27-16-6-4-3-5-7-16)26-13-15-8-9-17(25-12-15)28-14-19(20,21)22/h3-9,12H,2,10-11,13-14H2,1H3,(H2,23,24,26). The summed E-state index contributed by atoms with van der Waals surface area (Å²) >= 11 is 0. The van der Waals surface area contributed by atoms with Crippen LogP contribution in [0.1, 0.15) is 12.5 Å². The Balaban J connectivity index is 1.79. The number of alkyl halides is 3. The zero-order valence-corrected chi connectivity index (χ0v) is 15.5. The third-order valence-corrected chi connectivity index (χ3v) is 3.35. The first-order valence-electron chi connectivity index (χ1n) is 8.81. The van der Waals surface area contributed by atoms with Gasteiger partial charge in [-0.05, 0) is 24.6 Å². The van der Waals surface area contributed by atoms with Crippen molar-refractivity contribution in [2.45, 2.75) is 19.6 Å². The number of hydrogen-bond donors (Lipinski definition) is 2. The van der Waals surface area contributed by atoms with Gasteiger partial charge in [-0.25, -0.2) is 9.98 Å². The fourth-order valence-corrected chi connectivity index (χ4v) is 2.11. The summed E-state index contributed by atoms with van der Waals surface area (Å²) in [6.07, 6.45) is -2.95. The van der Waals surface area contributed by atoms with Crippen LogP contribution in [-0.2, 0) is 6.54 Å². The van der Waals surface area contributed by atoms with Crippen LogP contribution in [-0.4, -0.2) is 43.4 Å². The van der Waals surface area contributed by atoms with Crippen LogP contribution >= 0.6 is 0 Å². The second kappa shape index (κ2) is 11.0. The smallest absolute Gasteiger partial charge is 0.422 e. The van der Waals surface area contributed by atoms with E-state index in [1.54, 1.807) is 6.07 Å². The van der Waals surface area contributed by atoms with Crippen molar-refractivity contribution < 1.29 is 22.6 Å². The summed E-state index contributed by atoms with van der Waals surface area (Å²) in [6.45, 7) is 2.63. The number of nitrogens with one attached hydrogen (secondary N) is 2. The molecule has 0 amide bonds. The van der Waals surface area contributed by atoms with Crippen LogP contribution in [0.4, 0.5) is 13.2 Å². The molecule has 2 rings (SSSR count). The van der Waals surface area contributed by atoms with E-state index >= 15 is 0 Å². The number of ether oxygens (including phenoxy) is 2. The largest absolute Gasteiger partial charge is 0.492 e. The zero-order chi connectivity index (χ0) is 20.2. The maximum Gasteiger partial charge on any atom is 0.422 e. The number of aliphatic imine (C=N–C) groups is 1. The molecule has 6 nitrogen and oxygen atoms in total. The summed E-state index contributed by atoms with van der Waals surface area (Å²) in [5.41, 5.74) is 0.747. The highest BCUT2D eigenvalue weighted by Crippen LogP contribution is 2.17. The number of benzene rings is 1. The fraction of sp³-hybridized carbons (Fsp3) is 0.368. The molecule has 1 aromatic heterocycles. The molecule has 0 saturated carbocycles. The SMILES string of the molecule is CCNC(=NCc1ccc(OCC(F)(F)F)nc1)NCCOc1ccccc1. The van der Waals surface area contributed by atoms with Crippen molar-refractivity contribution in [1.82, 2.24) is 15.6 Å². The lowest BCUT2D eigenvalue weighted by Crippen LogP contribution is -2.39. The number of pyridine rings is 1. The highest BCUT2D eigenvalue weighted by molar-refractivity contribution is 5.79. The molecule has 1 heterocycles. The van der Waals surface area contributed by atoms with Crippen LogP contribution in [0.5, 0.6) is 11.6 Å². The van der Waals surface area contributed by atoms with Crippen LogP contribution in [0, 0.1) is 0 Å². The molecule has 0 bridgehead atoms. The highest BCUT2D eigenvalue weighted by atomic mass is 19.4. The minimum absolute atomic E-state index is 0.0758. The molecular formula is C19H23F3N4O2. The predicted molar refractivity (Wildman–Crippen MR) is 101 cm³/mol. The number of guanidine groups is 1. The Labute approximate surface area is 161 Å². The van der Waals surface area contributed by atoms with E-state index < -0.39 is 12.8 Å². The molecule has 2 N–H and O–H groups in total. The number of aromatic nitrogens is 1. The number of hydrogen-bond acceptors (Lipinski definition) is 4. The Kier molecular flexibility index (Phi) is 8.38. The molecule has 0 aliphatic rings. The van der Waals surface area contributed by atoms with E-state index in [1.165, 1.54) is 12.3 Å². The summed E-state index contributed by atoms with van der Waals surface area (Å²) in [5, 5.41) is 6.27. The highest BCUT2D eigenvalue weighted by Gasteiger charge is 2.28. The third kappa shape index (κ3) is 8.61. The third-order valence-electron chi connectivity index (χ3n) is 3.35. The molecule has 0 radical (unpaired) electrons. The van der Waals surface area contributed by atoms with Gasteiger partial charge in [-0.2, -0.15) is 13.2 Å². The van der Waals surface area contributed by atoms with Crippen molar-refractivity contribution in [2.75, 3.05) is 26.3 Å². The Bertz CT molecular complexity index is 722. The van der Waals surface area contributed by atoms with Crippen LogP contribution in [0.25, 0.3) is 0 Å². The minimum Gasteiger partial charge on any atom is -0.492 e. The van der Waals surface area contributed by atoms with E-state index in [0.717, 1.165) is 11.3 Å².